The van der Waals surface area contributed by atoms with Crippen LogP contribution in [0.15, 0.2) is 5.16 Å². The van der Waals surface area contributed by atoms with Crippen molar-refractivity contribution in [2.75, 3.05) is 12.3 Å². The van der Waals surface area contributed by atoms with Gasteiger partial charge in [0.2, 0.25) is 11.1 Å². The molecular weight excluding hydrogens is 258 g/mol. The number of carboxylic acid groups (broad SMARTS) is 1. The van der Waals surface area contributed by atoms with Crippen LogP contribution in [0, 0.1) is 5.92 Å². The molecule has 1 heterocycles. The molecule has 0 aliphatic rings. The number of rotatable bonds is 7. The molecule has 0 saturated heterocycles. The summed E-state index contributed by atoms with van der Waals surface area (Å²) < 4.78 is 1.14. The number of carbonyl (C=O) groups excluding carboxylic acids is 1. The van der Waals surface area contributed by atoms with Crippen LogP contribution in [-0.2, 0) is 16.1 Å². The van der Waals surface area contributed by atoms with Gasteiger partial charge in [-0.2, -0.15) is 0 Å². The van der Waals surface area contributed by atoms with E-state index in [1.54, 1.807) is 0 Å². The van der Waals surface area contributed by atoms with Crippen molar-refractivity contribution in [1.82, 2.24) is 25.5 Å². The average Bonchev–Trinajstić information content (AvgIpc) is 2.70. The quantitative estimate of drug-likeness (QED) is 0.652. The van der Waals surface area contributed by atoms with E-state index in [2.05, 4.69) is 20.8 Å². The van der Waals surface area contributed by atoms with Gasteiger partial charge in [-0.05, 0) is 16.3 Å². The van der Waals surface area contributed by atoms with Crippen LogP contribution in [0.1, 0.15) is 13.8 Å². The zero-order valence-electron chi connectivity index (χ0n) is 10.2. The monoisotopic (exact) mass is 273 g/mol. The molecule has 1 amide bonds. The Labute approximate surface area is 108 Å². The topological polar surface area (TPSA) is 110 Å². The van der Waals surface area contributed by atoms with Crippen LogP contribution in [0.3, 0.4) is 0 Å². The second kappa shape index (κ2) is 6.94. The van der Waals surface area contributed by atoms with Crippen LogP contribution < -0.4 is 5.32 Å². The van der Waals surface area contributed by atoms with Gasteiger partial charge in [-0.15, -0.1) is 5.10 Å². The highest BCUT2D eigenvalue weighted by molar-refractivity contribution is 7.99. The van der Waals surface area contributed by atoms with Gasteiger partial charge in [0.15, 0.2) is 0 Å². The Bertz CT molecular complexity index is 420. The lowest BCUT2D eigenvalue weighted by Gasteiger charge is -2.06. The Morgan fingerprint density at radius 2 is 2.22 bits per heavy atom. The Hall–Kier alpha value is -1.64. The minimum absolute atomic E-state index is 0.126. The summed E-state index contributed by atoms with van der Waals surface area (Å²) in [5.41, 5.74) is 0. The molecule has 1 aromatic heterocycles. The minimum atomic E-state index is -1.03. The predicted octanol–water partition coefficient (Wildman–Crippen LogP) is -0.378. The maximum atomic E-state index is 11.5. The van der Waals surface area contributed by atoms with E-state index >= 15 is 0 Å². The third kappa shape index (κ3) is 5.13. The number of amides is 1. The van der Waals surface area contributed by atoms with E-state index in [4.69, 9.17) is 5.11 Å². The van der Waals surface area contributed by atoms with Crippen molar-refractivity contribution in [2.45, 2.75) is 25.5 Å². The molecule has 0 spiro atoms. The summed E-state index contributed by atoms with van der Waals surface area (Å²) in [6, 6.07) is 0. The molecule has 0 saturated carbocycles. The summed E-state index contributed by atoms with van der Waals surface area (Å²) in [6.07, 6.45) is 0. The number of carbonyl (C=O) groups is 2. The van der Waals surface area contributed by atoms with Crippen molar-refractivity contribution >= 4 is 23.6 Å². The highest BCUT2D eigenvalue weighted by atomic mass is 32.2. The zero-order valence-corrected chi connectivity index (χ0v) is 11.0. The molecule has 2 N–H and O–H groups in total. The highest BCUT2D eigenvalue weighted by Gasteiger charge is 2.12. The second-order valence-corrected chi connectivity index (χ2v) is 4.94. The highest BCUT2D eigenvalue weighted by Crippen LogP contribution is 2.12. The molecule has 0 radical (unpaired) electrons. The summed E-state index contributed by atoms with van der Waals surface area (Å²) in [5, 5.41) is 22.3. The molecule has 0 aliphatic heterocycles. The Kier molecular flexibility index (Phi) is 5.56. The maximum absolute atomic E-state index is 11.5. The third-order valence-corrected chi connectivity index (χ3v) is 2.78. The van der Waals surface area contributed by atoms with Crippen LogP contribution in [0.25, 0.3) is 0 Å². The zero-order chi connectivity index (χ0) is 13.5. The number of thioether (sulfide) groups is 1. The van der Waals surface area contributed by atoms with Gasteiger partial charge in [0.25, 0.3) is 0 Å². The molecule has 0 bridgehead atoms. The largest absolute Gasteiger partial charge is 0.480 e. The van der Waals surface area contributed by atoms with Gasteiger partial charge < -0.3 is 10.4 Å². The number of hydrogen-bond donors (Lipinski definition) is 2. The molecule has 1 rings (SSSR count). The standard InChI is InChI=1S/C9H15N5O3S/c1-6(2)3-10-7(15)5-18-9-11-12-13-14(9)4-8(16)17/h6H,3-5H2,1-2H3,(H,10,15)(H,16,17). The predicted molar refractivity (Wildman–Crippen MR) is 64.0 cm³/mol. The Balaban J connectivity index is 2.41. The van der Waals surface area contributed by atoms with Crippen molar-refractivity contribution in [1.29, 1.82) is 0 Å². The van der Waals surface area contributed by atoms with Crippen molar-refractivity contribution < 1.29 is 14.7 Å². The van der Waals surface area contributed by atoms with Gasteiger partial charge in [-0.25, -0.2) is 4.68 Å². The van der Waals surface area contributed by atoms with Crippen molar-refractivity contribution in [3.63, 3.8) is 0 Å². The van der Waals surface area contributed by atoms with E-state index < -0.39 is 5.97 Å². The molecule has 0 aliphatic carbocycles. The van der Waals surface area contributed by atoms with Crippen molar-refractivity contribution in [3.05, 3.63) is 0 Å². The number of aromatic nitrogens is 4. The first-order valence-corrected chi connectivity index (χ1v) is 6.35. The van der Waals surface area contributed by atoms with E-state index in [-0.39, 0.29) is 18.2 Å². The van der Waals surface area contributed by atoms with Crippen molar-refractivity contribution in [3.8, 4) is 0 Å². The van der Waals surface area contributed by atoms with Crippen LogP contribution in [-0.4, -0.2) is 49.5 Å². The van der Waals surface area contributed by atoms with Gasteiger partial charge >= 0.3 is 5.97 Å². The van der Waals surface area contributed by atoms with E-state index in [0.717, 1.165) is 16.4 Å². The summed E-state index contributed by atoms with van der Waals surface area (Å²) in [7, 11) is 0. The third-order valence-electron chi connectivity index (χ3n) is 1.82. The van der Waals surface area contributed by atoms with Gasteiger partial charge in [0.1, 0.15) is 6.54 Å². The molecule has 0 unspecified atom stereocenters. The fourth-order valence-electron chi connectivity index (χ4n) is 1.03. The van der Waals surface area contributed by atoms with E-state index in [1.165, 1.54) is 0 Å². The van der Waals surface area contributed by atoms with Gasteiger partial charge in [-0.3, -0.25) is 9.59 Å². The number of tetrazole rings is 1. The Morgan fingerprint density at radius 3 is 2.83 bits per heavy atom. The molecule has 1 aromatic rings. The fraction of sp³-hybridized carbons (Fsp3) is 0.667. The van der Waals surface area contributed by atoms with Crippen LogP contribution in [0.5, 0.6) is 0 Å². The van der Waals surface area contributed by atoms with Gasteiger partial charge in [0.05, 0.1) is 5.75 Å². The number of aliphatic carboxylic acids is 1. The van der Waals surface area contributed by atoms with Crippen LogP contribution in [0.2, 0.25) is 0 Å². The fourth-order valence-corrected chi connectivity index (χ4v) is 1.73. The normalized spacial score (nSPS) is 10.6. The lowest BCUT2D eigenvalue weighted by atomic mass is 10.2. The number of hydrogen-bond acceptors (Lipinski definition) is 6. The van der Waals surface area contributed by atoms with Gasteiger partial charge in [-0.1, -0.05) is 25.6 Å². The molecule has 0 atom stereocenters. The molecule has 8 nitrogen and oxygen atoms in total. The summed E-state index contributed by atoms with van der Waals surface area (Å²) in [4.78, 5) is 22.0. The minimum Gasteiger partial charge on any atom is -0.480 e. The van der Waals surface area contributed by atoms with Crippen LogP contribution >= 0.6 is 11.8 Å². The van der Waals surface area contributed by atoms with E-state index in [1.807, 2.05) is 13.8 Å². The summed E-state index contributed by atoms with van der Waals surface area (Å²) in [5.74, 6) is -0.615. The first-order valence-electron chi connectivity index (χ1n) is 5.36. The molecule has 100 valence electrons. The molecule has 18 heavy (non-hydrogen) atoms. The van der Waals surface area contributed by atoms with E-state index in [0.29, 0.717) is 17.6 Å². The first-order chi connectivity index (χ1) is 8.49. The summed E-state index contributed by atoms with van der Waals surface area (Å²) >= 11 is 1.11. The Morgan fingerprint density at radius 1 is 1.50 bits per heavy atom. The second-order valence-electron chi connectivity index (χ2n) is 4.00. The molecular formula is C9H15N5O3S. The molecule has 0 fully saturated rings. The van der Waals surface area contributed by atoms with Crippen LogP contribution in [0.4, 0.5) is 0 Å². The summed E-state index contributed by atoms with van der Waals surface area (Å²) in [6.45, 7) is 4.30. The van der Waals surface area contributed by atoms with E-state index in [9.17, 15) is 9.59 Å². The number of carboxylic acids is 1. The van der Waals surface area contributed by atoms with Crippen molar-refractivity contribution in [2.24, 2.45) is 5.92 Å². The SMILES string of the molecule is CC(C)CNC(=O)CSc1nnnn1CC(=O)O. The molecule has 0 aromatic carbocycles. The number of nitrogens with zero attached hydrogens (tertiary/aromatic N) is 4. The lowest BCUT2D eigenvalue weighted by molar-refractivity contribution is -0.138. The van der Waals surface area contributed by atoms with Gasteiger partial charge in [0, 0.05) is 6.54 Å². The smallest absolute Gasteiger partial charge is 0.325 e. The average molecular weight is 273 g/mol. The lowest BCUT2D eigenvalue weighted by Crippen LogP contribution is -2.28. The number of nitrogens with one attached hydrogen (secondary N) is 1. The molecule has 9 heteroatoms. The first kappa shape index (κ1) is 14.4. The maximum Gasteiger partial charge on any atom is 0.325 e.